The number of benzene rings is 3. The fourth-order valence-corrected chi connectivity index (χ4v) is 9.45. The van der Waals surface area contributed by atoms with Crippen molar-refractivity contribution in [3.05, 3.63) is 82.3 Å². The standard InChI is InChI=1S/C29H31Cl2N3O5S2/c1-28(2)15-22-16-29(3,17-28)18-34(22)41(38,39)23-10-4-19(5-11-23)27(35)32-26-14-24(12-13-25(26)31)40(36,37)33-21-8-6-20(30)7-9-21/h4-14,22,33H,15-18H2,1-3H3,(H,32,35). The molecule has 2 unspecified atom stereocenters. The van der Waals surface area contributed by atoms with E-state index in [0.29, 0.717) is 17.3 Å². The van der Waals surface area contributed by atoms with Crippen LogP contribution in [-0.4, -0.2) is 39.6 Å². The van der Waals surface area contributed by atoms with E-state index in [1.54, 1.807) is 16.4 Å². The van der Waals surface area contributed by atoms with Crippen LogP contribution in [0.25, 0.3) is 0 Å². The molecule has 2 N–H and O–H groups in total. The predicted octanol–water partition coefficient (Wildman–Crippen LogP) is 6.64. The highest BCUT2D eigenvalue weighted by atomic mass is 35.5. The minimum Gasteiger partial charge on any atom is -0.321 e. The molecule has 1 saturated heterocycles. The zero-order valence-corrected chi connectivity index (χ0v) is 26.0. The molecule has 2 fully saturated rings. The monoisotopic (exact) mass is 635 g/mol. The van der Waals surface area contributed by atoms with Crippen molar-refractivity contribution in [3.63, 3.8) is 0 Å². The summed E-state index contributed by atoms with van der Waals surface area (Å²) in [7, 11) is -7.73. The Hall–Kier alpha value is -2.63. The Morgan fingerprint density at radius 1 is 0.878 bits per heavy atom. The van der Waals surface area contributed by atoms with Crippen LogP contribution in [0.2, 0.25) is 10.0 Å². The Kier molecular flexibility index (Phi) is 7.70. The first kappa shape index (κ1) is 29.8. The first-order chi connectivity index (χ1) is 19.1. The van der Waals surface area contributed by atoms with Crippen molar-refractivity contribution in [2.75, 3.05) is 16.6 Å². The molecule has 1 amide bonds. The van der Waals surface area contributed by atoms with E-state index in [4.69, 9.17) is 23.2 Å². The van der Waals surface area contributed by atoms with Gasteiger partial charge in [0.15, 0.2) is 0 Å². The molecule has 0 spiro atoms. The lowest BCUT2D eigenvalue weighted by Crippen LogP contribution is -2.37. The SMILES string of the molecule is CC1(C)CC2CC(C)(CN2S(=O)(=O)c2ccc(C(=O)Nc3cc(S(=O)(=O)Nc4ccc(Cl)cc4)ccc3Cl)cc2)C1. The third-order valence-electron chi connectivity index (χ3n) is 7.68. The van der Waals surface area contributed by atoms with Gasteiger partial charge in [-0.2, -0.15) is 4.31 Å². The van der Waals surface area contributed by atoms with Gasteiger partial charge in [0.2, 0.25) is 10.0 Å². The summed E-state index contributed by atoms with van der Waals surface area (Å²) in [6.07, 6.45) is 2.64. The number of carbonyl (C=O) groups is 1. The zero-order chi connectivity index (χ0) is 29.8. The summed E-state index contributed by atoms with van der Waals surface area (Å²) in [5, 5.41) is 3.23. The first-order valence-corrected chi connectivity index (χ1v) is 16.8. The zero-order valence-electron chi connectivity index (χ0n) is 22.8. The smallest absolute Gasteiger partial charge is 0.261 e. The highest BCUT2D eigenvalue weighted by molar-refractivity contribution is 7.92. The number of anilines is 2. The number of nitrogens with zero attached hydrogens (tertiary/aromatic N) is 1. The van der Waals surface area contributed by atoms with Crippen LogP contribution >= 0.6 is 23.2 Å². The fourth-order valence-electron chi connectivity index (χ4n) is 6.30. The molecule has 1 heterocycles. The third-order valence-corrected chi connectivity index (χ3v) is 11.6. The molecular formula is C29H31Cl2N3O5S2. The van der Waals surface area contributed by atoms with Gasteiger partial charge < -0.3 is 5.32 Å². The molecule has 8 nitrogen and oxygen atoms in total. The lowest BCUT2D eigenvalue weighted by Gasteiger charge is -2.39. The molecule has 5 rings (SSSR count). The summed E-state index contributed by atoms with van der Waals surface area (Å²) in [4.78, 5) is 13.0. The second-order valence-electron chi connectivity index (χ2n) is 12.0. The van der Waals surface area contributed by atoms with Gasteiger partial charge in [0.25, 0.3) is 15.9 Å². The molecule has 1 saturated carbocycles. The normalized spacial score (nSPS) is 22.3. The van der Waals surface area contributed by atoms with Crippen molar-refractivity contribution in [1.29, 1.82) is 0 Å². The topological polar surface area (TPSA) is 113 Å². The van der Waals surface area contributed by atoms with E-state index >= 15 is 0 Å². The minimum atomic E-state index is -3.99. The number of carbonyl (C=O) groups excluding carboxylic acids is 1. The summed E-state index contributed by atoms with van der Waals surface area (Å²) in [6.45, 7) is 7.02. The van der Waals surface area contributed by atoms with E-state index in [-0.39, 0.29) is 42.9 Å². The number of fused-ring (bicyclic) bond motifs is 2. The van der Waals surface area contributed by atoms with Gasteiger partial charge in [-0.15, -0.1) is 0 Å². The largest absolute Gasteiger partial charge is 0.321 e. The van der Waals surface area contributed by atoms with Crippen molar-refractivity contribution >= 4 is 60.5 Å². The van der Waals surface area contributed by atoms with Crippen molar-refractivity contribution in [2.45, 2.75) is 55.9 Å². The third kappa shape index (κ3) is 6.27. The molecule has 2 atom stereocenters. The van der Waals surface area contributed by atoms with Crippen LogP contribution in [0, 0.1) is 10.8 Å². The molecule has 41 heavy (non-hydrogen) atoms. The number of halogens is 2. The molecule has 3 aromatic rings. The Labute approximate surface area is 251 Å². The summed E-state index contributed by atoms with van der Waals surface area (Å²) in [6, 6.07) is 15.8. The van der Waals surface area contributed by atoms with Gasteiger partial charge in [0, 0.05) is 28.9 Å². The van der Waals surface area contributed by atoms with Gasteiger partial charge in [0.05, 0.1) is 20.5 Å². The Morgan fingerprint density at radius 3 is 2.17 bits per heavy atom. The Bertz CT molecular complexity index is 1710. The van der Waals surface area contributed by atoms with Gasteiger partial charge in [-0.1, -0.05) is 44.0 Å². The van der Waals surface area contributed by atoms with Crippen LogP contribution in [0.5, 0.6) is 0 Å². The molecule has 218 valence electrons. The van der Waals surface area contributed by atoms with E-state index in [1.165, 1.54) is 54.6 Å². The summed E-state index contributed by atoms with van der Waals surface area (Å²) >= 11 is 12.1. The number of sulfonamides is 2. The molecule has 1 aliphatic heterocycles. The highest BCUT2D eigenvalue weighted by Crippen LogP contribution is 2.53. The lowest BCUT2D eigenvalue weighted by atomic mass is 9.65. The fraction of sp³-hybridized carbons (Fsp3) is 0.345. The number of hydrogen-bond donors (Lipinski definition) is 2. The van der Waals surface area contributed by atoms with Crippen LogP contribution in [0.3, 0.4) is 0 Å². The van der Waals surface area contributed by atoms with Crippen molar-refractivity contribution in [1.82, 2.24) is 4.31 Å². The molecule has 2 bridgehead atoms. The van der Waals surface area contributed by atoms with Crippen molar-refractivity contribution in [3.8, 4) is 0 Å². The van der Waals surface area contributed by atoms with Crippen LogP contribution in [0.4, 0.5) is 11.4 Å². The maximum absolute atomic E-state index is 13.6. The van der Waals surface area contributed by atoms with Crippen LogP contribution in [-0.2, 0) is 20.0 Å². The highest BCUT2D eigenvalue weighted by Gasteiger charge is 2.53. The second-order valence-corrected chi connectivity index (χ2v) is 16.4. The van der Waals surface area contributed by atoms with Crippen LogP contribution < -0.4 is 10.0 Å². The number of nitrogens with one attached hydrogen (secondary N) is 2. The predicted molar refractivity (Wildman–Crippen MR) is 162 cm³/mol. The van der Waals surface area contributed by atoms with E-state index in [0.717, 1.165) is 19.3 Å². The van der Waals surface area contributed by atoms with E-state index in [9.17, 15) is 21.6 Å². The number of amides is 1. The van der Waals surface area contributed by atoms with Gasteiger partial charge in [-0.05, 0) is 96.8 Å². The second kappa shape index (κ2) is 10.6. The molecule has 3 aromatic carbocycles. The van der Waals surface area contributed by atoms with Crippen molar-refractivity contribution < 1.29 is 21.6 Å². The van der Waals surface area contributed by atoms with Crippen LogP contribution in [0.1, 0.15) is 50.4 Å². The minimum absolute atomic E-state index is 0.0448. The summed E-state index contributed by atoms with van der Waals surface area (Å²) < 4.78 is 57.0. The molecule has 0 radical (unpaired) electrons. The average molecular weight is 637 g/mol. The number of hydrogen-bond acceptors (Lipinski definition) is 5. The number of rotatable bonds is 7. The van der Waals surface area contributed by atoms with Crippen LogP contribution in [0.15, 0.2) is 76.5 Å². The molecule has 1 aliphatic carbocycles. The maximum atomic E-state index is 13.6. The Balaban J connectivity index is 1.32. The molecular weight excluding hydrogens is 605 g/mol. The molecule has 12 heteroatoms. The first-order valence-electron chi connectivity index (χ1n) is 13.1. The Morgan fingerprint density at radius 2 is 1.51 bits per heavy atom. The van der Waals surface area contributed by atoms with Crippen molar-refractivity contribution in [2.24, 2.45) is 10.8 Å². The lowest BCUT2D eigenvalue weighted by molar-refractivity contribution is 0.102. The summed E-state index contributed by atoms with van der Waals surface area (Å²) in [5.74, 6) is -0.567. The quantitative estimate of drug-likeness (QED) is 0.302. The van der Waals surface area contributed by atoms with E-state index < -0.39 is 26.0 Å². The van der Waals surface area contributed by atoms with Gasteiger partial charge >= 0.3 is 0 Å². The van der Waals surface area contributed by atoms with E-state index in [2.05, 4.69) is 30.8 Å². The van der Waals surface area contributed by atoms with Gasteiger partial charge in [-0.3, -0.25) is 9.52 Å². The van der Waals surface area contributed by atoms with E-state index in [1.807, 2.05) is 0 Å². The maximum Gasteiger partial charge on any atom is 0.261 e. The molecule has 0 aromatic heterocycles. The average Bonchev–Trinajstić information content (AvgIpc) is 3.15. The summed E-state index contributed by atoms with van der Waals surface area (Å²) in [5.41, 5.74) is 0.632. The molecule has 2 aliphatic rings. The van der Waals surface area contributed by atoms with Gasteiger partial charge in [0.1, 0.15) is 0 Å². The van der Waals surface area contributed by atoms with Gasteiger partial charge in [-0.25, -0.2) is 16.8 Å².